The number of piperidine rings is 1. The fourth-order valence-electron chi connectivity index (χ4n) is 3.92. The van der Waals surface area contributed by atoms with Crippen molar-refractivity contribution in [1.29, 1.82) is 0 Å². The van der Waals surface area contributed by atoms with Gasteiger partial charge in [-0.15, -0.1) is 0 Å². The molecule has 1 saturated carbocycles. The normalized spacial score (nSPS) is 31.6. The summed E-state index contributed by atoms with van der Waals surface area (Å²) in [5, 5.41) is 21.1. The molecule has 1 aliphatic heterocycles. The number of hydrogen-bond donors (Lipinski definition) is 3. The maximum atomic E-state index is 10.7. The molecule has 3 rings (SSSR count). The number of aliphatic hydroxyl groups excluding tert-OH is 1. The van der Waals surface area contributed by atoms with Crippen molar-refractivity contribution in [3.63, 3.8) is 0 Å². The van der Waals surface area contributed by atoms with Crippen LogP contribution < -0.4 is 5.73 Å². The Morgan fingerprint density at radius 3 is 3.00 bits per heavy atom. The van der Waals surface area contributed by atoms with Crippen molar-refractivity contribution in [1.82, 2.24) is 4.90 Å². The summed E-state index contributed by atoms with van der Waals surface area (Å²) in [4.78, 5) is 2.29. The SMILES string of the molecule is Nc1cccc(C(O)CN2CCC3(O)CCCCC3C2)c1. The van der Waals surface area contributed by atoms with Crippen LogP contribution in [0.1, 0.15) is 43.8 Å². The Bertz CT molecular complexity index is 493. The molecule has 1 saturated heterocycles. The molecular weight excluding hydrogens is 264 g/mol. The molecule has 3 unspecified atom stereocenters. The Morgan fingerprint density at radius 2 is 2.19 bits per heavy atom. The Kier molecular flexibility index (Phi) is 4.20. The van der Waals surface area contributed by atoms with E-state index >= 15 is 0 Å². The minimum Gasteiger partial charge on any atom is -0.399 e. The minimum atomic E-state index is -0.511. The quantitative estimate of drug-likeness (QED) is 0.744. The highest BCUT2D eigenvalue weighted by molar-refractivity contribution is 5.41. The van der Waals surface area contributed by atoms with E-state index in [4.69, 9.17) is 5.73 Å². The first-order valence-electron chi connectivity index (χ1n) is 8.05. The number of likely N-dealkylation sites (tertiary alicyclic amines) is 1. The third-order valence-corrected chi connectivity index (χ3v) is 5.24. The highest BCUT2D eigenvalue weighted by Gasteiger charge is 2.42. The third kappa shape index (κ3) is 3.23. The van der Waals surface area contributed by atoms with Gasteiger partial charge in [0.05, 0.1) is 11.7 Å². The molecule has 0 bridgehead atoms. The van der Waals surface area contributed by atoms with Crippen molar-refractivity contribution in [3.05, 3.63) is 29.8 Å². The second kappa shape index (κ2) is 5.95. The number of aliphatic hydroxyl groups is 2. The van der Waals surface area contributed by atoms with Gasteiger partial charge in [0.2, 0.25) is 0 Å². The van der Waals surface area contributed by atoms with Gasteiger partial charge in [-0.3, -0.25) is 4.90 Å². The second-order valence-electron chi connectivity index (χ2n) is 6.74. The van der Waals surface area contributed by atoms with E-state index in [-0.39, 0.29) is 0 Å². The molecule has 1 heterocycles. The number of nitrogens with zero attached hydrogens (tertiary/aromatic N) is 1. The van der Waals surface area contributed by atoms with Crippen LogP contribution in [0.5, 0.6) is 0 Å². The molecule has 4 heteroatoms. The summed E-state index contributed by atoms with van der Waals surface area (Å²) in [7, 11) is 0. The van der Waals surface area contributed by atoms with Crippen LogP contribution in [0.2, 0.25) is 0 Å². The number of benzene rings is 1. The monoisotopic (exact) mass is 290 g/mol. The fourth-order valence-corrected chi connectivity index (χ4v) is 3.92. The summed E-state index contributed by atoms with van der Waals surface area (Å²) >= 11 is 0. The minimum absolute atomic E-state index is 0.369. The predicted molar refractivity (Wildman–Crippen MR) is 83.8 cm³/mol. The van der Waals surface area contributed by atoms with Crippen molar-refractivity contribution < 1.29 is 10.2 Å². The van der Waals surface area contributed by atoms with E-state index in [0.29, 0.717) is 18.2 Å². The van der Waals surface area contributed by atoms with E-state index in [1.54, 1.807) is 0 Å². The van der Waals surface area contributed by atoms with Gasteiger partial charge in [-0.2, -0.15) is 0 Å². The van der Waals surface area contributed by atoms with Crippen LogP contribution in [-0.2, 0) is 0 Å². The number of nitrogen functional groups attached to an aromatic ring is 1. The molecular formula is C17H26N2O2. The fraction of sp³-hybridized carbons (Fsp3) is 0.647. The summed E-state index contributed by atoms with van der Waals surface area (Å²) < 4.78 is 0. The molecule has 0 radical (unpaired) electrons. The van der Waals surface area contributed by atoms with Crippen LogP contribution in [0.15, 0.2) is 24.3 Å². The first-order valence-corrected chi connectivity index (χ1v) is 8.05. The van der Waals surface area contributed by atoms with Gasteiger partial charge in [0.15, 0.2) is 0 Å². The van der Waals surface area contributed by atoms with Crippen LogP contribution in [0.4, 0.5) is 5.69 Å². The third-order valence-electron chi connectivity index (χ3n) is 5.24. The van der Waals surface area contributed by atoms with Crippen molar-refractivity contribution >= 4 is 5.69 Å². The van der Waals surface area contributed by atoms with Gasteiger partial charge in [0.25, 0.3) is 0 Å². The van der Waals surface area contributed by atoms with Crippen LogP contribution >= 0.6 is 0 Å². The van der Waals surface area contributed by atoms with E-state index in [2.05, 4.69) is 4.90 Å². The topological polar surface area (TPSA) is 69.7 Å². The summed E-state index contributed by atoms with van der Waals surface area (Å²) in [6, 6.07) is 7.47. The number of nitrogens with two attached hydrogens (primary N) is 1. The number of β-amino-alcohol motifs (C(OH)–C–C–N with tert-alkyl or cyclic N) is 1. The zero-order valence-electron chi connectivity index (χ0n) is 12.5. The Balaban J connectivity index is 1.61. The molecule has 1 aliphatic carbocycles. The molecule has 1 aromatic carbocycles. The molecule has 2 aliphatic rings. The molecule has 3 atom stereocenters. The van der Waals surface area contributed by atoms with Crippen molar-refractivity contribution in [2.24, 2.45) is 5.92 Å². The molecule has 0 amide bonds. The van der Waals surface area contributed by atoms with Gasteiger partial charge in [0, 0.05) is 31.2 Å². The second-order valence-corrected chi connectivity index (χ2v) is 6.74. The molecule has 0 spiro atoms. The average molecular weight is 290 g/mol. The van der Waals surface area contributed by atoms with E-state index in [9.17, 15) is 10.2 Å². The van der Waals surface area contributed by atoms with Crippen molar-refractivity contribution in [2.75, 3.05) is 25.4 Å². The van der Waals surface area contributed by atoms with E-state index in [1.807, 2.05) is 24.3 Å². The molecule has 1 aromatic rings. The van der Waals surface area contributed by atoms with Gasteiger partial charge in [0.1, 0.15) is 0 Å². The first-order chi connectivity index (χ1) is 10.1. The van der Waals surface area contributed by atoms with Gasteiger partial charge >= 0.3 is 0 Å². The van der Waals surface area contributed by atoms with Crippen LogP contribution in [0.25, 0.3) is 0 Å². The van der Waals surface area contributed by atoms with Crippen LogP contribution in [-0.4, -0.2) is 40.3 Å². The zero-order chi connectivity index (χ0) is 14.9. The van der Waals surface area contributed by atoms with Gasteiger partial charge in [-0.25, -0.2) is 0 Å². The predicted octanol–water partition coefficient (Wildman–Crippen LogP) is 1.93. The van der Waals surface area contributed by atoms with E-state index in [1.165, 1.54) is 6.42 Å². The molecule has 0 aromatic heterocycles. The number of hydrogen-bond acceptors (Lipinski definition) is 4. The molecule has 4 N–H and O–H groups in total. The zero-order valence-corrected chi connectivity index (χ0v) is 12.5. The van der Waals surface area contributed by atoms with Crippen LogP contribution in [0, 0.1) is 5.92 Å². The summed E-state index contributed by atoms with van der Waals surface area (Å²) in [5.74, 6) is 0.369. The average Bonchev–Trinajstić information content (AvgIpc) is 2.47. The first kappa shape index (κ1) is 14.8. The lowest BCUT2D eigenvalue weighted by Crippen LogP contribution is -2.53. The number of anilines is 1. The van der Waals surface area contributed by atoms with Gasteiger partial charge in [-0.1, -0.05) is 25.0 Å². The molecule has 4 nitrogen and oxygen atoms in total. The Morgan fingerprint density at radius 1 is 1.33 bits per heavy atom. The molecule has 116 valence electrons. The summed E-state index contributed by atoms with van der Waals surface area (Å²) in [5.41, 5.74) is 6.89. The van der Waals surface area contributed by atoms with E-state index in [0.717, 1.165) is 44.3 Å². The smallest absolute Gasteiger partial charge is 0.0917 e. The Hall–Kier alpha value is -1.10. The lowest BCUT2D eigenvalue weighted by Gasteiger charge is -2.47. The highest BCUT2D eigenvalue weighted by Crippen LogP contribution is 2.40. The standard InChI is InChI=1S/C17H26N2O2/c18-15-6-3-4-13(10-15)16(20)12-19-9-8-17(21)7-2-1-5-14(17)11-19/h3-4,6,10,14,16,20-21H,1-2,5,7-9,11-12,18H2. The van der Waals surface area contributed by atoms with Gasteiger partial charge < -0.3 is 15.9 Å². The van der Waals surface area contributed by atoms with Crippen molar-refractivity contribution in [3.8, 4) is 0 Å². The number of fused-ring (bicyclic) bond motifs is 1. The lowest BCUT2D eigenvalue weighted by atomic mass is 9.71. The van der Waals surface area contributed by atoms with Gasteiger partial charge in [-0.05, 0) is 37.0 Å². The maximum Gasteiger partial charge on any atom is 0.0917 e. The summed E-state index contributed by atoms with van der Waals surface area (Å²) in [6.07, 6.45) is 4.76. The van der Waals surface area contributed by atoms with E-state index < -0.39 is 11.7 Å². The largest absolute Gasteiger partial charge is 0.399 e. The Labute approximate surface area is 126 Å². The lowest BCUT2D eigenvalue weighted by molar-refractivity contribution is -0.0999. The summed E-state index contributed by atoms with van der Waals surface area (Å²) in [6.45, 7) is 2.39. The molecule has 2 fully saturated rings. The highest BCUT2D eigenvalue weighted by atomic mass is 16.3. The number of rotatable bonds is 3. The van der Waals surface area contributed by atoms with Crippen LogP contribution in [0.3, 0.4) is 0 Å². The molecule has 21 heavy (non-hydrogen) atoms. The maximum absolute atomic E-state index is 10.7. The van der Waals surface area contributed by atoms with Crippen molar-refractivity contribution in [2.45, 2.75) is 43.8 Å².